The van der Waals surface area contributed by atoms with E-state index in [-0.39, 0.29) is 5.57 Å². The summed E-state index contributed by atoms with van der Waals surface area (Å²) in [5, 5.41) is 4.55. The van der Waals surface area contributed by atoms with E-state index in [4.69, 9.17) is 9.47 Å². The van der Waals surface area contributed by atoms with Gasteiger partial charge in [-0.1, -0.05) is 48.5 Å². The molecule has 0 atom stereocenters. The van der Waals surface area contributed by atoms with Crippen LogP contribution in [-0.2, 0) is 16.2 Å². The summed E-state index contributed by atoms with van der Waals surface area (Å²) in [6.45, 7) is 8.52. The van der Waals surface area contributed by atoms with E-state index in [9.17, 15) is 14.4 Å². The lowest BCUT2D eigenvalue weighted by atomic mass is 10.0. The van der Waals surface area contributed by atoms with Gasteiger partial charge in [0.05, 0.1) is 12.3 Å². The van der Waals surface area contributed by atoms with E-state index in [0.717, 1.165) is 37.9 Å². The molecule has 4 amide bonds. The molecule has 7 heteroatoms. The minimum Gasteiger partial charge on any atom is -0.490 e. The fourth-order valence-electron chi connectivity index (χ4n) is 4.71. The van der Waals surface area contributed by atoms with Crippen LogP contribution >= 0.6 is 0 Å². The molecular weight excluding hydrogens is 504 g/mol. The third-order valence-electron chi connectivity index (χ3n) is 7.08. The van der Waals surface area contributed by atoms with Crippen molar-refractivity contribution >= 4 is 40.4 Å². The van der Waals surface area contributed by atoms with E-state index in [0.29, 0.717) is 36.0 Å². The lowest BCUT2D eigenvalue weighted by Crippen LogP contribution is -2.54. The molecule has 1 heterocycles. The van der Waals surface area contributed by atoms with Crippen LogP contribution in [0.4, 0.5) is 10.5 Å². The van der Waals surface area contributed by atoms with Gasteiger partial charge in [-0.05, 0) is 91.1 Å². The van der Waals surface area contributed by atoms with Crippen molar-refractivity contribution in [3.63, 3.8) is 0 Å². The van der Waals surface area contributed by atoms with Gasteiger partial charge in [0.25, 0.3) is 11.8 Å². The van der Waals surface area contributed by atoms with Crippen LogP contribution in [-0.4, -0.2) is 24.5 Å². The molecule has 4 aromatic carbocycles. The molecule has 4 aromatic rings. The Morgan fingerprint density at radius 1 is 0.800 bits per heavy atom. The predicted octanol–water partition coefficient (Wildman–Crippen LogP) is 6.41. The molecule has 5 rings (SSSR count). The van der Waals surface area contributed by atoms with Crippen molar-refractivity contribution < 1.29 is 23.9 Å². The Kier molecular flexibility index (Phi) is 7.38. The molecule has 1 aliphatic heterocycles. The molecule has 7 nitrogen and oxygen atoms in total. The highest BCUT2D eigenvalue weighted by Crippen LogP contribution is 2.32. The van der Waals surface area contributed by atoms with Gasteiger partial charge in [0.15, 0.2) is 11.5 Å². The number of hydrogen-bond donors (Lipinski definition) is 1. The van der Waals surface area contributed by atoms with Crippen LogP contribution in [0.1, 0.15) is 34.7 Å². The van der Waals surface area contributed by atoms with E-state index in [1.54, 1.807) is 30.3 Å². The molecular formula is C33H30N2O5. The predicted molar refractivity (Wildman–Crippen MR) is 156 cm³/mol. The number of fused-ring (bicyclic) bond motifs is 1. The lowest BCUT2D eigenvalue weighted by molar-refractivity contribution is -0.122. The van der Waals surface area contributed by atoms with Gasteiger partial charge in [-0.15, -0.1) is 0 Å². The number of barbiturate groups is 1. The van der Waals surface area contributed by atoms with Crippen LogP contribution in [0.3, 0.4) is 0 Å². The summed E-state index contributed by atoms with van der Waals surface area (Å²) in [6.07, 6.45) is 1.46. The topological polar surface area (TPSA) is 84.9 Å². The number of nitrogens with one attached hydrogen (secondary N) is 1. The van der Waals surface area contributed by atoms with E-state index in [1.807, 2.05) is 39.0 Å². The van der Waals surface area contributed by atoms with Gasteiger partial charge < -0.3 is 9.47 Å². The SMILES string of the molecule is CCOc1cc(/C=C2\C(=O)NC(=O)N(c3ccc(C)c(C)c3)C2=O)ccc1OCc1c(C)ccc2ccccc12. The van der Waals surface area contributed by atoms with E-state index >= 15 is 0 Å². The quantitative estimate of drug-likeness (QED) is 0.219. The maximum Gasteiger partial charge on any atom is 0.335 e. The molecule has 0 bridgehead atoms. The van der Waals surface area contributed by atoms with Gasteiger partial charge in [0.1, 0.15) is 12.2 Å². The van der Waals surface area contributed by atoms with Crippen molar-refractivity contribution in [2.45, 2.75) is 34.3 Å². The first-order valence-electron chi connectivity index (χ1n) is 13.1. The highest BCUT2D eigenvalue weighted by Gasteiger charge is 2.37. The van der Waals surface area contributed by atoms with Gasteiger partial charge in [0, 0.05) is 5.56 Å². The summed E-state index contributed by atoms with van der Waals surface area (Å²) in [5.41, 5.74) is 4.98. The van der Waals surface area contributed by atoms with Crippen LogP contribution in [0, 0.1) is 20.8 Å². The number of aryl methyl sites for hydroxylation is 3. The van der Waals surface area contributed by atoms with Crippen molar-refractivity contribution in [2.24, 2.45) is 0 Å². The summed E-state index contributed by atoms with van der Waals surface area (Å²) in [6, 6.07) is 22.1. The number of hydrogen-bond acceptors (Lipinski definition) is 5. The van der Waals surface area contributed by atoms with Crippen molar-refractivity contribution in [3.8, 4) is 11.5 Å². The van der Waals surface area contributed by atoms with Crippen molar-refractivity contribution in [3.05, 3.63) is 106 Å². The normalized spacial score (nSPS) is 14.6. The maximum atomic E-state index is 13.3. The summed E-state index contributed by atoms with van der Waals surface area (Å²) < 4.78 is 12.1. The number of benzene rings is 4. The zero-order valence-electron chi connectivity index (χ0n) is 22.9. The number of rotatable bonds is 7. The van der Waals surface area contributed by atoms with Crippen molar-refractivity contribution in [1.29, 1.82) is 0 Å². The van der Waals surface area contributed by atoms with E-state index in [2.05, 4.69) is 36.5 Å². The highest BCUT2D eigenvalue weighted by molar-refractivity contribution is 6.39. The Labute approximate surface area is 233 Å². The number of anilines is 1. The average Bonchev–Trinajstić information content (AvgIpc) is 2.93. The Morgan fingerprint density at radius 2 is 1.57 bits per heavy atom. The Hall–Kier alpha value is -4.91. The molecule has 0 spiro atoms. The number of amides is 4. The third-order valence-corrected chi connectivity index (χ3v) is 7.08. The molecule has 1 aliphatic rings. The summed E-state index contributed by atoms with van der Waals surface area (Å²) in [5.74, 6) is -0.412. The lowest BCUT2D eigenvalue weighted by Gasteiger charge is -2.27. The molecule has 202 valence electrons. The number of urea groups is 1. The first kappa shape index (κ1) is 26.7. The summed E-state index contributed by atoms with van der Waals surface area (Å²) >= 11 is 0. The second kappa shape index (κ2) is 11.1. The number of carbonyl (C=O) groups is 3. The van der Waals surface area contributed by atoms with E-state index in [1.165, 1.54) is 6.08 Å². The summed E-state index contributed by atoms with van der Waals surface area (Å²) in [7, 11) is 0. The maximum absolute atomic E-state index is 13.3. The van der Waals surface area contributed by atoms with Crippen LogP contribution in [0.2, 0.25) is 0 Å². The van der Waals surface area contributed by atoms with Gasteiger partial charge in [-0.2, -0.15) is 0 Å². The second-order valence-electron chi connectivity index (χ2n) is 9.74. The Bertz CT molecular complexity index is 1690. The summed E-state index contributed by atoms with van der Waals surface area (Å²) in [4.78, 5) is 39.6. The van der Waals surface area contributed by atoms with Crippen molar-refractivity contribution in [2.75, 3.05) is 11.5 Å². The highest BCUT2D eigenvalue weighted by atomic mass is 16.5. The number of nitrogens with zero attached hydrogens (tertiary/aromatic N) is 1. The van der Waals surface area contributed by atoms with Crippen LogP contribution < -0.4 is 19.7 Å². The molecule has 1 N–H and O–H groups in total. The molecule has 0 radical (unpaired) electrons. The third kappa shape index (κ3) is 5.18. The minimum absolute atomic E-state index is 0.152. The molecule has 0 unspecified atom stereocenters. The molecule has 1 fully saturated rings. The standard InChI is InChI=1S/C33H30N2O5/c1-5-39-30-18-23(12-15-29(30)40-19-28-21(3)10-13-24-8-6-7-9-26(24)28)17-27-31(36)34-33(38)35(32(27)37)25-14-11-20(2)22(4)16-25/h6-18H,5,19H2,1-4H3,(H,34,36,38)/b27-17+. The van der Waals surface area contributed by atoms with Crippen LogP contribution in [0.5, 0.6) is 11.5 Å². The molecule has 0 aliphatic carbocycles. The van der Waals surface area contributed by atoms with Gasteiger partial charge in [0.2, 0.25) is 0 Å². The monoisotopic (exact) mass is 534 g/mol. The average molecular weight is 535 g/mol. The second-order valence-corrected chi connectivity index (χ2v) is 9.74. The fourth-order valence-corrected chi connectivity index (χ4v) is 4.71. The zero-order valence-corrected chi connectivity index (χ0v) is 22.9. The number of carbonyl (C=O) groups excluding carboxylic acids is 3. The van der Waals surface area contributed by atoms with Gasteiger partial charge >= 0.3 is 6.03 Å². The fraction of sp³-hybridized carbons (Fsp3) is 0.182. The smallest absolute Gasteiger partial charge is 0.335 e. The van der Waals surface area contributed by atoms with E-state index < -0.39 is 17.8 Å². The first-order chi connectivity index (χ1) is 19.3. The largest absolute Gasteiger partial charge is 0.490 e. The molecule has 40 heavy (non-hydrogen) atoms. The Balaban J connectivity index is 1.44. The minimum atomic E-state index is -0.780. The number of imide groups is 2. The molecule has 1 saturated heterocycles. The van der Waals surface area contributed by atoms with Crippen LogP contribution in [0.15, 0.2) is 78.4 Å². The van der Waals surface area contributed by atoms with Gasteiger partial charge in [-0.3, -0.25) is 14.9 Å². The molecule has 0 saturated carbocycles. The molecule has 0 aromatic heterocycles. The zero-order chi connectivity index (χ0) is 28.4. The van der Waals surface area contributed by atoms with Crippen LogP contribution in [0.25, 0.3) is 16.8 Å². The van der Waals surface area contributed by atoms with Gasteiger partial charge in [-0.25, -0.2) is 9.69 Å². The van der Waals surface area contributed by atoms with Crippen molar-refractivity contribution in [1.82, 2.24) is 5.32 Å². The Morgan fingerprint density at radius 3 is 2.35 bits per heavy atom. The number of ether oxygens (including phenoxy) is 2. The first-order valence-corrected chi connectivity index (χ1v) is 13.1.